The van der Waals surface area contributed by atoms with Crippen LogP contribution in [0, 0.1) is 0 Å². The number of aromatic amines is 1. The predicted octanol–water partition coefficient (Wildman–Crippen LogP) is 4.30. The number of aromatic nitrogens is 4. The van der Waals surface area contributed by atoms with Crippen molar-refractivity contribution in [2.75, 3.05) is 24.7 Å². The highest BCUT2D eigenvalue weighted by molar-refractivity contribution is 6.31. The van der Waals surface area contributed by atoms with Crippen LogP contribution < -0.4 is 4.90 Å². The zero-order valence-corrected chi connectivity index (χ0v) is 16.7. The van der Waals surface area contributed by atoms with Crippen LogP contribution in [-0.2, 0) is 16.6 Å². The van der Waals surface area contributed by atoms with Crippen molar-refractivity contribution in [3.63, 3.8) is 0 Å². The summed E-state index contributed by atoms with van der Waals surface area (Å²) < 4.78 is 5.70. The zero-order valence-electron chi connectivity index (χ0n) is 15.2. The second kappa shape index (κ2) is 7.03. The average molecular weight is 416 g/mol. The van der Waals surface area contributed by atoms with Crippen molar-refractivity contribution in [2.45, 2.75) is 24.7 Å². The molecule has 144 valence electrons. The Bertz CT molecular complexity index is 946. The third kappa shape index (κ3) is 2.87. The van der Waals surface area contributed by atoms with Crippen LogP contribution in [0.5, 0.6) is 0 Å². The Labute approximate surface area is 172 Å². The summed E-state index contributed by atoms with van der Waals surface area (Å²) in [6.07, 6.45) is 2.50. The number of hydrogen-bond donors (Lipinski definition) is 1. The van der Waals surface area contributed by atoms with Gasteiger partial charge in [0.05, 0.1) is 0 Å². The highest BCUT2D eigenvalue weighted by Gasteiger charge is 2.44. The maximum absolute atomic E-state index is 6.44. The lowest BCUT2D eigenvalue weighted by Gasteiger charge is -2.47. The molecule has 2 aromatic carbocycles. The highest BCUT2D eigenvalue weighted by atomic mass is 35.5. The number of halogens is 2. The molecule has 6 nitrogen and oxygen atoms in total. The lowest BCUT2D eigenvalue weighted by molar-refractivity contribution is 0.0629. The summed E-state index contributed by atoms with van der Waals surface area (Å²) in [5.41, 5.74) is 4.69. The van der Waals surface area contributed by atoms with Gasteiger partial charge < -0.3 is 9.64 Å². The fourth-order valence-electron chi connectivity index (χ4n) is 4.53. The summed E-state index contributed by atoms with van der Waals surface area (Å²) in [4.78, 5) is 2.31. The topological polar surface area (TPSA) is 66.9 Å². The molecule has 1 spiro atoms. The number of benzene rings is 2. The molecule has 0 unspecified atom stereocenters. The summed E-state index contributed by atoms with van der Waals surface area (Å²) in [5, 5.41) is 15.9. The van der Waals surface area contributed by atoms with E-state index < -0.39 is 0 Å². The number of rotatable bonds is 3. The van der Waals surface area contributed by atoms with Gasteiger partial charge in [-0.2, -0.15) is 5.21 Å². The van der Waals surface area contributed by atoms with Crippen molar-refractivity contribution in [3.05, 3.63) is 63.4 Å². The number of anilines is 2. The van der Waals surface area contributed by atoms with Crippen molar-refractivity contribution in [1.82, 2.24) is 20.6 Å². The summed E-state index contributed by atoms with van der Waals surface area (Å²) in [5.74, 6) is 0.692. The van der Waals surface area contributed by atoms with Gasteiger partial charge in [0, 0.05) is 53.0 Å². The Balaban J connectivity index is 1.67. The zero-order chi connectivity index (χ0) is 19.1. The van der Waals surface area contributed by atoms with E-state index in [1.165, 1.54) is 22.5 Å². The minimum atomic E-state index is -0.138. The Morgan fingerprint density at radius 1 is 1.00 bits per heavy atom. The Morgan fingerprint density at radius 3 is 2.21 bits per heavy atom. The molecule has 0 aliphatic carbocycles. The van der Waals surface area contributed by atoms with Crippen molar-refractivity contribution in [3.8, 4) is 0 Å². The number of nitrogens with zero attached hydrogens (tertiary/aromatic N) is 4. The number of nitrogens with one attached hydrogen (secondary N) is 1. The fourth-order valence-corrected chi connectivity index (χ4v) is 4.87. The van der Waals surface area contributed by atoms with Gasteiger partial charge in [0.25, 0.3) is 0 Å². The lowest BCUT2D eigenvalue weighted by Crippen LogP contribution is -2.41. The van der Waals surface area contributed by atoms with Crippen molar-refractivity contribution >= 4 is 34.6 Å². The van der Waals surface area contributed by atoms with Gasteiger partial charge in [0.15, 0.2) is 5.82 Å². The van der Waals surface area contributed by atoms with Crippen LogP contribution in [0.1, 0.15) is 29.8 Å². The first-order chi connectivity index (χ1) is 13.7. The van der Waals surface area contributed by atoms with Crippen molar-refractivity contribution < 1.29 is 4.74 Å². The molecule has 3 heterocycles. The van der Waals surface area contributed by atoms with Crippen LogP contribution in [-0.4, -0.2) is 40.4 Å². The van der Waals surface area contributed by atoms with Gasteiger partial charge in [0.1, 0.15) is 0 Å². The normalized spacial score (nSPS) is 17.4. The van der Waals surface area contributed by atoms with Crippen LogP contribution in [0.4, 0.5) is 11.4 Å². The Morgan fingerprint density at radius 2 is 1.64 bits per heavy atom. The second-order valence-corrected chi connectivity index (χ2v) is 8.12. The van der Waals surface area contributed by atoms with E-state index in [0.717, 1.165) is 42.6 Å². The van der Waals surface area contributed by atoms with Crippen molar-refractivity contribution in [2.24, 2.45) is 0 Å². The molecule has 0 radical (unpaired) electrons. The van der Waals surface area contributed by atoms with Crippen LogP contribution in [0.15, 0.2) is 36.4 Å². The molecule has 1 saturated heterocycles. The van der Waals surface area contributed by atoms with Gasteiger partial charge in [-0.25, -0.2) is 0 Å². The third-order valence-corrected chi connectivity index (χ3v) is 6.29. The molecule has 0 saturated carbocycles. The molecule has 1 aromatic heterocycles. The number of hydrogen-bond acceptors (Lipinski definition) is 5. The predicted molar refractivity (Wildman–Crippen MR) is 109 cm³/mol. The van der Waals surface area contributed by atoms with Crippen molar-refractivity contribution in [1.29, 1.82) is 0 Å². The number of ether oxygens (including phenoxy) is 1. The maximum atomic E-state index is 6.44. The lowest BCUT2D eigenvalue weighted by atomic mass is 9.66. The van der Waals surface area contributed by atoms with Gasteiger partial charge in [-0.1, -0.05) is 28.4 Å². The van der Waals surface area contributed by atoms with E-state index in [4.69, 9.17) is 27.9 Å². The molecule has 1 fully saturated rings. The maximum Gasteiger partial charge on any atom is 0.176 e. The summed E-state index contributed by atoms with van der Waals surface area (Å²) in [7, 11) is 0. The standard InChI is InChI=1S/C20H19Cl2N5O/c21-13-1-3-17-15(11-13)20(6-9-28-10-7-20)16-12-14(22)2-4-18(16)27(17)8-5-19-23-25-26-24-19/h1-4,11-12H,5-10H2,(H,23,24,25,26). The summed E-state index contributed by atoms with van der Waals surface area (Å²) in [6.45, 7) is 2.18. The molecular formula is C20H19Cl2N5O. The number of H-pyrrole nitrogens is 1. The first-order valence-electron chi connectivity index (χ1n) is 9.35. The van der Waals surface area contributed by atoms with Crippen LogP contribution >= 0.6 is 23.2 Å². The van der Waals surface area contributed by atoms with E-state index in [1.807, 2.05) is 12.1 Å². The second-order valence-electron chi connectivity index (χ2n) is 7.25. The SMILES string of the molecule is Clc1ccc2c(c1)C1(CCOCC1)c1cc(Cl)ccc1N2CCc1nn[nH]n1. The first-order valence-corrected chi connectivity index (χ1v) is 10.1. The van der Waals surface area contributed by atoms with Gasteiger partial charge in [0.2, 0.25) is 0 Å². The molecule has 28 heavy (non-hydrogen) atoms. The molecule has 2 aliphatic heterocycles. The highest BCUT2D eigenvalue weighted by Crippen LogP contribution is 2.54. The summed E-state index contributed by atoms with van der Waals surface area (Å²) >= 11 is 12.9. The quantitative estimate of drug-likeness (QED) is 0.690. The Hall–Kier alpha value is -2.15. The van der Waals surface area contributed by atoms with Crippen LogP contribution in [0.3, 0.4) is 0 Å². The van der Waals surface area contributed by atoms with E-state index in [1.54, 1.807) is 0 Å². The largest absolute Gasteiger partial charge is 0.381 e. The van der Waals surface area contributed by atoms with Crippen LogP contribution in [0.25, 0.3) is 0 Å². The van der Waals surface area contributed by atoms with E-state index in [2.05, 4.69) is 49.8 Å². The molecule has 0 bridgehead atoms. The minimum absolute atomic E-state index is 0.138. The molecule has 1 N–H and O–H groups in total. The van der Waals surface area contributed by atoms with Gasteiger partial charge in [-0.15, -0.1) is 10.2 Å². The smallest absolute Gasteiger partial charge is 0.176 e. The van der Waals surface area contributed by atoms with E-state index in [0.29, 0.717) is 12.2 Å². The van der Waals surface area contributed by atoms with E-state index in [-0.39, 0.29) is 5.41 Å². The molecule has 2 aliphatic rings. The molecule has 5 rings (SSSR count). The monoisotopic (exact) mass is 415 g/mol. The first kappa shape index (κ1) is 17.9. The third-order valence-electron chi connectivity index (χ3n) is 5.82. The van der Waals surface area contributed by atoms with E-state index in [9.17, 15) is 0 Å². The van der Waals surface area contributed by atoms with E-state index >= 15 is 0 Å². The average Bonchev–Trinajstić information content (AvgIpc) is 3.23. The number of fused-ring (bicyclic) bond motifs is 4. The van der Waals surface area contributed by atoms with Gasteiger partial charge >= 0.3 is 0 Å². The molecule has 0 atom stereocenters. The fraction of sp³-hybridized carbons (Fsp3) is 0.350. The van der Waals surface area contributed by atoms with Gasteiger partial charge in [-0.05, 0) is 60.4 Å². The molecule has 0 amide bonds. The molecular weight excluding hydrogens is 397 g/mol. The molecule has 3 aromatic rings. The number of tetrazole rings is 1. The summed E-state index contributed by atoms with van der Waals surface area (Å²) in [6, 6.07) is 12.3. The van der Waals surface area contributed by atoms with Gasteiger partial charge in [-0.3, -0.25) is 0 Å². The minimum Gasteiger partial charge on any atom is -0.381 e. The molecule has 8 heteroatoms. The van der Waals surface area contributed by atoms with Crippen LogP contribution in [0.2, 0.25) is 10.0 Å². The Kier molecular flexibility index (Phi) is 4.50.